The van der Waals surface area contributed by atoms with Gasteiger partial charge in [-0.3, -0.25) is 0 Å². The molecule has 0 saturated carbocycles. The Morgan fingerprint density at radius 3 is 1.41 bits per heavy atom. The van der Waals surface area contributed by atoms with Crippen molar-refractivity contribution in [1.29, 1.82) is 0 Å². The number of hydrogen-bond acceptors (Lipinski definition) is 9. The number of halogens is 3. The highest BCUT2D eigenvalue weighted by Gasteiger charge is 2.25. The van der Waals surface area contributed by atoms with Crippen LogP contribution in [0.3, 0.4) is 0 Å². The van der Waals surface area contributed by atoms with Gasteiger partial charge in [0.25, 0.3) is 0 Å². The summed E-state index contributed by atoms with van der Waals surface area (Å²) in [6, 6.07) is 40.3. The number of nitrogens with two attached hydrogens (primary N) is 1. The molecule has 0 amide bonds. The fraction of sp³-hybridized carbons (Fsp3) is 0.323. The van der Waals surface area contributed by atoms with Crippen LogP contribution in [0.2, 0.25) is 0 Å². The zero-order chi connectivity index (χ0) is 59.2. The maximum Gasteiger partial charge on any atom is 0.240 e. The number of nitrogens with one attached hydrogen (secondary N) is 3. The molecule has 3 atom stereocenters. The lowest BCUT2D eigenvalue weighted by atomic mass is 9.79. The van der Waals surface area contributed by atoms with Gasteiger partial charge in [-0.2, -0.15) is 0 Å². The highest BCUT2D eigenvalue weighted by molar-refractivity contribution is 9.10. The van der Waals surface area contributed by atoms with Crippen molar-refractivity contribution in [1.82, 2.24) is 33.3 Å². The molecule has 0 radical (unpaired) electrons. The summed E-state index contributed by atoms with van der Waals surface area (Å²) in [5.41, 5.74) is 19.6. The SMILES string of the molecule is CNS(=O)(=O)c1ccc(C[C@H]2CCCc3ccccc32)c(-c2cn(C)cn2)c1.CNS(=O)(=O)c1ccc(C[C@H]2CCCc3ccccc32)c(Br)c1.CNS(=O)(=O)c1ccc(F)c(Br)c1.Cc1cn(C)cn1.N[C@H]1CCCc2ccccc21. The molecule has 0 bridgehead atoms. The number of hydrogen-bond donors (Lipinski definition) is 4. The summed E-state index contributed by atoms with van der Waals surface area (Å²) in [6.45, 7) is 1.97. The van der Waals surface area contributed by atoms with Gasteiger partial charge in [-0.15, -0.1) is 0 Å². The van der Waals surface area contributed by atoms with Gasteiger partial charge in [-0.1, -0.05) is 101 Å². The summed E-state index contributed by atoms with van der Waals surface area (Å²) in [4.78, 5) is 9.05. The Morgan fingerprint density at radius 2 is 0.976 bits per heavy atom. The summed E-state index contributed by atoms with van der Waals surface area (Å²) in [5, 5.41) is 0. The molecule has 11 rings (SSSR count). The molecular weight excluding hydrogens is 1230 g/mol. The van der Waals surface area contributed by atoms with E-state index < -0.39 is 35.9 Å². The van der Waals surface area contributed by atoms with Gasteiger partial charge in [0.15, 0.2) is 0 Å². The minimum Gasteiger partial charge on any atom is -0.340 e. The van der Waals surface area contributed by atoms with Gasteiger partial charge in [0, 0.05) is 42.6 Å². The van der Waals surface area contributed by atoms with Crippen LogP contribution in [0, 0.1) is 12.7 Å². The fourth-order valence-corrected chi connectivity index (χ4v) is 14.0. The highest BCUT2D eigenvalue weighted by Crippen LogP contribution is 2.38. The molecule has 3 aliphatic rings. The van der Waals surface area contributed by atoms with Crippen LogP contribution in [0.15, 0.2) is 176 Å². The number of nitrogens with zero attached hydrogens (tertiary/aromatic N) is 4. The smallest absolute Gasteiger partial charge is 0.240 e. The molecule has 6 aromatic carbocycles. The fourth-order valence-electron chi connectivity index (χ4n) is 10.5. The van der Waals surface area contributed by atoms with Crippen LogP contribution in [0.5, 0.6) is 0 Å². The Morgan fingerprint density at radius 1 is 0.549 bits per heavy atom. The summed E-state index contributed by atoms with van der Waals surface area (Å²) in [6.07, 6.45) is 19.9. The second-order valence-corrected chi connectivity index (χ2v) is 27.9. The highest BCUT2D eigenvalue weighted by atomic mass is 79.9. The first-order valence-electron chi connectivity index (χ1n) is 27.2. The standard InChI is InChI=1S/C22H25N3O2S.C18H20BrNO2S.C10H13N.C7H7BrFNO2S.C5H8N2/c1-23-28(26,27)19-11-10-18(21(13-19)22-14-25(2)15-24-22)12-17-8-5-7-16-6-3-4-9-20(16)17;1-20-23(21,22)16-10-9-15(18(19)12-16)11-14-7-4-6-13-5-2-3-8-17(13)14;11-10-7-3-5-8-4-1-2-6-9(8)10;1-10-13(11,12)5-2-3-7(9)6(8)4-5;1-5-3-7(2)4-6-5/h3-4,6,9-11,13-15,17,23H,5,7-8,12H2,1-2H3;2-3,5,8-10,12,14,20H,4,6-7,11H2,1H3;1-2,4,6,10H,3,5,7,11H2;2-4,10H,1H3;3-4H,1-2H3/t17-;14-;10-;;/m110../s1. The summed E-state index contributed by atoms with van der Waals surface area (Å²) in [5.74, 6) is 0.456. The molecule has 2 aromatic heterocycles. The average molecular weight is 1300 g/mol. The largest absolute Gasteiger partial charge is 0.340 e. The lowest BCUT2D eigenvalue weighted by Gasteiger charge is -2.26. The van der Waals surface area contributed by atoms with Gasteiger partial charge < -0.3 is 14.9 Å². The lowest BCUT2D eigenvalue weighted by Crippen LogP contribution is -2.19. The van der Waals surface area contributed by atoms with Crippen molar-refractivity contribution in [2.24, 2.45) is 19.8 Å². The zero-order valence-electron chi connectivity index (χ0n) is 47.1. The molecule has 8 aromatic rings. The van der Waals surface area contributed by atoms with Crippen molar-refractivity contribution in [2.45, 2.75) is 110 Å². The van der Waals surface area contributed by atoms with Gasteiger partial charge in [0.1, 0.15) is 5.82 Å². The van der Waals surface area contributed by atoms with Crippen LogP contribution < -0.4 is 19.9 Å². The van der Waals surface area contributed by atoms with E-state index in [0.29, 0.717) is 22.8 Å². The van der Waals surface area contributed by atoms with E-state index in [1.807, 2.05) is 54.7 Å². The third-order valence-electron chi connectivity index (χ3n) is 14.9. The number of fused-ring (bicyclic) bond motifs is 3. The minimum absolute atomic E-state index is 0.0308. The Labute approximate surface area is 501 Å². The molecule has 0 unspecified atom stereocenters. The molecule has 3 aliphatic carbocycles. The second kappa shape index (κ2) is 29.2. The Kier molecular flexibility index (Phi) is 22.8. The molecule has 5 N–H and O–H groups in total. The first kappa shape index (κ1) is 63.9. The lowest BCUT2D eigenvalue weighted by molar-refractivity contribution is 0.549. The number of aromatic nitrogens is 4. The number of sulfonamides is 3. The summed E-state index contributed by atoms with van der Waals surface area (Å²) < 4.78 is 95.2. The predicted octanol–water partition coefficient (Wildman–Crippen LogP) is 11.9. The van der Waals surface area contributed by atoms with Crippen LogP contribution in [0.4, 0.5) is 4.39 Å². The van der Waals surface area contributed by atoms with E-state index in [0.717, 1.165) is 77.1 Å². The van der Waals surface area contributed by atoms with Gasteiger partial charge >= 0.3 is 0 Å². The van der Waals surface area contributed by atoms with Gasteiger partial charge in [0.2, 0.25) is 30.1 Å². The summed E-state index contributed by atoms with van der Waals surface area (Å²) in [7, 11) is -2.35. The van der Waals surface area contributed by atoms with Crippen LogP contribution in [0.25, 0.3) is 11.3 Å². The van der Waals surface area contributed by atoms with Crippen LogP contribution in [-0.4, -0.2) is 65.5 Å². The van der Waals surface area contributed by atoms with E-state index in [1.54, 1.807) is 36.9 Å². The number of rotatable bonds is 11. The first-order chi connectivity index (χ1) is 39.1. The molecule has 436 valence electrons. The average Bonchev–Trinajstić information content (AvgIpc) is 4.26. The Balaban J connectivity index is 0.000000159. The van der Waals surface area contributed by atoms with Crippen LogP contribution in [-0.2, 0) is 76.3 Å². The summed E-state index contributed by atoms with van der Waals surface area (Å²) >= 11 is 6.44. The quantitative estimate of drug-likeness (QED) is 0.0972. The third-order valence-corrected chi connectivity index (χ3v) is 20.5. The minimum atomic E-state index is -3.50. The predicted molar refractivity (Wildman–Crippen MR) is 332 cm³/mol. The van der Waals surface area contributed by atoms with Gasteiger partial charge in [-0.25, -0.2) is 53.8 Å². The third kappa shape index (κ3) is 17.0. The van der Waals surface area contributed by atoms with E-state index in [9.17, 15) is 29.6 Å². The van der Waals surface area contributed by atoms with Crippen LogP contribution in [0.1, 0.15) is 107 Å². The number of benzene rings is 6. The number of aryl methyl sites for hydroxylation is 6. The number of imidazole rings is 2. The van der Waals surface area contributed by atoms with Crippen molar-refractivity contribution in [3.05, 3.63) is 217 Å². The van der Waals surface area contributed by atoms with Crippen molar-refractivity contribution in [3.8, 4) is 11.3 Å². The normalized spacial score (nSPS) is 16.4. The molecule has 82 heavy (non-hydrogen) atoms. The molecule has 0 saturated heterocycles. The van der Waals surface area contributed by atoms with Crippen LogP contribution >= 0.6 is 31.9 Å². The second-order valence-electron chi connectivity index (χ2n) is 20.6. The molecular formula is C62H73Br2FN8O6S3. The van der Waals surface area contributed by atoms with E-state index in [4.69, 9.17) is 5.73 Å². The Bertz CT molecular complexity index is 3780. The van der Waals surface area contributed by atoms with E-state index >= 15 is 0 Å². The van der Waals surface area contributed by atoms with Crippen molar-refractivity contribution < 1.29 is 29.6 Å². The topological polar surface area (TPSA) is 200 Å². The Hall–Kier alpha value is -5.68. The molecule has 0 spiro atoms. The van der Waals surface area contributed by atoms with Gasteiger partial charge in [-0.05, 0) is 213 Å². The molecule has 0 aliphatic heterocycles. The van der Waals surface area contributed by atoms with E-state index in [2.05, 4.69) is 129 Å². The van der Waals surface area contributed by atoms with E-state index in [-0.39, 0.29) is 14.3 Å². The maximum absolute atomic E-state index is 12.7. The first-order valence-corrected chi connectivity index (χ1v) is 33.2. The monoisotopic (exact) mass is 1300 g/mol. The van der Waals surface area contributed by atoms with E-state index in [1.165, 1.54) is 98.8 Å². The maximum atomic E-state index is 12.7. The van der Waals surface area contributed by atoms with Gasteiger partial charge in [0.05, 0.1) is 43.2 Å². The van der Waals surface area contributed by atoms with Crippen molar-refractivity contribution >= 4 is 61.9 Å². The molecule has 14 nitrogen and oxygen atoms in total. The molecule has 0 fully saturated rings. The molecule has 20 heteroatoms. The van der Waals surface area contributed by atoms with Crippen molar-refractivity contribution in [3.63, 3.8) is 0 Å². The molecule has 2 heterocycles. The zero-order valence-corrected chi connectivity index (χ0v) is 52.7. The van der Waals surface area contributed by atoms with Crippen molar-refractivity contribution in [2.75, 3.05) is 21.1 Å².